The van der Waals surface area contributed by atoms with Gasteiger partial charge in [-0.05, 0) is 61.4 Å². The Bertz CT molecular complexity index is 1360. The summed E-state index contributed by atoms with van der Waals surface area (Å²) < 4.78 is 27.2. The van der Waals surface area contributed by atoms with E-state index < -0.39 is 23.4 Å². The monoisotopic (exact) mass is 461 g/mol. The molecule has 0 saturated carbocycles. The van der Waals surface area contributed by atoms with Crippen LogP contribution >= 0.6 is 0 Å². The summed E-state index contributed by atoms with van der Waals surface area (Å²) in [6, 6.07) is 14.9. The first-order valence-electron chi connectivity index (χ1n) is 10.5. The highest BCUT2D eigenvalue weighted by Gasteiger charge is 2.40. The fourth-order valence-corrected chi connectivity index (χ4v) is 3.84. The van der Waals surface area contributed by atoms with Crippen LogP contribution in [0.1, 0.15) is 23.6 Å². The summed E-state index contributed by atoms with van der Waals surface area (Å²) in [5.41, 5.74) is 3.33. The van der Waals surface area contributed by atoms with E-state index in [1.807, 2.05) is 26.0 Å². The van der Waals surface area contributed by atoms with Crippen molar-refractivity contribution < 1.29 is 23.2 Å². The molecular formula is C26H21F2N3O3. The number of amides is 3. The molecule has 3 aromatic carbocycles. The van der Waals surface area contributed by atoms with Crippen molar-refractivity contribution >= 4 is 40.4 Å². The lowest BCUT2D eigenvalue weighted by Crippen LogP contribution is -2.32. The third-order valence-electron chi connectivity index (χ3n) is 5.37. The summed E-state index contributed by atoms with van der Waals surface area (Å²) in [6.07, 6.45) is 0. The molecule has 0 saturated heterocycles. The summed E-state index contributed by atoms with van der Waals surface area (Å²) in [4.78, 5) is 39.3. The van der Waals surface area contributed by atoms with Crippen molar-refractivity contribution in [3.05, 3.63) is 94.7 Å². The van der Waals surface area contributed by atoms with E-state index in [0.717, 1.165) is 28.2 Å². The van der Waals surface area contributed by atoms with Crippen LogP contribution in [-0.4, -0.2) is 17.7 Å². The Labute approximate surface area is 194 Å². The molecule has 34 heavy (non-hydrogen) atoms. The summed E-state index contributed by atoms with van der Waals surface area (Å²) in [5, 5.41) is 5.45. The average molecular weight is 461 g/mol. The Morgan fingerprint density at radius 1 is 0.824 bits per heavy atom. The third-order valence-corrected chi connectivity index (χ3v) is 5.37. The van der Waals surface area contributed by atoms with Crippen molar-refractivity contribution in [2.75, 3.05) is 15.5 Å². The Morgan fingerprint density at radius 3 is 2.12 bits per heavy atom. The van der Waals surface area contributed by atoms with E-state index in [1.54, 1.807) is 30.3 Å². The van der Waals surface area contributed by atoms with Gasteiger partial charge in [-0.2, -0.15) is 0 Å². The Kier molecular flexibility index (Phi) is 5.98. The van der Waals surface area contributed by atoms with Crippen molar-refractivity contribution in [3.63, 3.8) is 0 Å². The summed E-state index contributed by atoms with van der Waals surface area (Å²) in [6.45, 7) is 5.11. The van der Waals surface area contributed by atoms with Gasteiger partial charge in [0.05, 0.1) is 11.3 Å². The van der Waals surface area contributed by atoms with Crippen LogP contribution in [-0.2, 0) is 14.4 Å². The Balaban J connectivity index is 1.79. The van der Waals surface area contributed by atoms with Crippen LogP contribution in [0.3, 0.4) is 0 Å². The molecular weight excluding hydrogens is 440 g/mol. The maximum atomic E-state index is 13.8. The molecule has 0 radical (unpaired) electrons. The lowest BCUT2D eigenvalue weighted by Gasteiger charge is -2.16. The number of anilines is 3. The van der Waals surface area contributed by atoms with Crippen LogP contribution in [0.25, 0.3) is 5.57 Å². The summed E-state index contributed by atoms with van der Waals surface area (Å²) >= 11 is 0. The number of carbonyl (C=O) groups excluding carboxylic acids is 3. The average Bonchev–Trinajstić information content (AvgIpc) is 3.01. The van der Waals surface area contributed by atoms with E-state index in [2.05, 4.69) is 10.6 Å². The van der Waals surface area contributed by atoms with Gasteiger partial charge in [0.15, 0.2) is 11.6 Å². The fraction of sp³-hybridized carbons (Fsp3) is 0.115. The second kappa shape index (κ2) is 8.90. The molecule has 0 bridgehead atoms. The molecule has 0 fully saturated rings. The maximum absolute atomic E-state index is 13.8. The molecule has 1 aliphatic rings. The first-order valence-corrected chi connectivity index (χ1v) is 10.5. The van der Waals surface area contributed by atoms with Gasteiger partial charge in [-0.25, -0.2) is 13.7 Å². The molecule has 172 valence electrons. The maximum Gasteiger partial charge on any atom is 0.282 e. The van der Waals surface area contributed by atoms with E-state index in [4.69, 9.17) is 0 Å². The van der Waals surface area contributed by atoms with Crippen molar-refractivity contribution in [2.45, 2.75) is 20.8 Å². The van der Waals surface area contributed by atoms with E-state index in [0.29, 0.717) is 16.9 Å². The molecule has 0 spiro atoms. The molecule has 6 nitrogen and oxygen atoms in total. The predicted octanol–water partition coefficient (Wildman–Crippen LogP) is 4.94. The number of nitrogens with zero attached hydrogens (tertiary/aromatic N) is 1. The second-order valence-corrected chi connectivity index (χ2v) is 8.00. The summed E-state index contributed by atoms with van der Waals surface area (Å²) in [5.74, 6) is -3.56. The predicted molar refractivity (Wildman–Crippen MR) is 126 cm³/mol. The number of carbonyl (C=O) groups is 3. The third kappa shape index (κ3) is 4.30. The highest BCUT2D eigenvalue weighted by molar-refractivity contribution is 6.46. The number of aryl methyl sites for hydroxylation is 2. The van der Waals surface area contributed by atoms with E-state index in [1.165, 1.54) is 13.0 Å². The fourth-order valence-electron chi connectivity index (χ4n) is 3.84. The van der Waals surface area contributed by atoms with Gasteiger partial charge in [0.25, 0.3) is 11.8 Å². The van der Waals surface area contributed by atoms with Crippen molar-refractivity contribution in [1.82, 2.24) is 0 Å². The van der Waals surface area contributed by atoms with E-state index in [-0.39, 0.29) is 22.9 Å². The normalized spacial score (nSPS) is 13.5. The van der Waals surface area contributed by atoms with Crippen LogP contribution in [0.15, 0.2) is 66.4 Å². The minimum atomic E-state index is -1.08. The zero-order valence-corrected chi connectivity index (χ0v) is 18.7. The Hall–Kier alpha value is -4.33. The number of imide groups is 1. The molecule has 0 aromatic heterocycles. The van der Waals surface area contributed by atoms with E-state index in [9.17, 15) is 23.2 Å². The molecule has 0 unspecified atom stereocenters. The Morgan fingerprint density at radius 2 is 1.50 bits per heavy atom. The van der Waals surface area contributed by atoms with Crippen molar-refractivity contribution in [1.29, 1.82) is 0 Å². The molecule has 0 atom stereocenters. The number of halogens is 2. The quantitative estimate of drug-likeness (QED) is 0.528. The molecule has 2 N–H and O–H groups in total. The molecule has 1 heterocycles. The van der Waals surface area contributed by atoms with Gasteiger partial charge in [-0.15, -0.1) is 0 Å². The van der Waals surface area contributed by atoms with E-state index >= 15 is 0 Å². The molecule has 0 aliphatic carbocycles. The number of rotatable bonds is 5. The van der Waals surface area contributed by atoms with Crippen LogP contribution in [0, 0.1) is 25.5 Å². The number of hydrogen-bond acceptors (Lipinski definition) is 4. The van der Waals surface area contributed by atoms with Crippen LogP contribution < -0.4 is 15.5 Å². The number of benzene rings is 3. The first-order chi connectivity index (χ1) is 16.2. The van der Waals surface area contributed by atoms with Gasteiger partial charge in [0.1, 0.15) is 5.70 Å². The minimum absolute atomic E-state index is 0.0473. The van der Waals surface area contributed by atoms with Gasteiger partial charge in [-0.1, -0.05) is 23.8 Å². The van der Waals surface area contributed by atoms with Gasteiger partial charge in [-0.3, -0.25) is 14.4 Å². The second-order valence-electron chi connectivity index (χ2n) is 8.00. The lowest BCUT2D eigenvalue weighted by atomic mass is 9.97. The lowest BCUT2D eigenvalue weighted by molar-refractivity contribution is -0.120. The molecule has 4 rings (SSSR count). The standard InChI is InChI=1S/C26H21F2N3O3/c1-14-4-10-20(15(2)12-14)23-24(30-18-7-11-21(27)22(28)13-18)26(34)31(25(23)33)19-8-5-17(6-9-19)29-16(3)32/h4-13,30H,1-3H3,(H,29,32). The molecule has 3 amide bonds. The molecule has 1 aliphatic heterocycles. The van der Waals surface area contributed by atoms with Gasteiger partial charge in [0.2, 0.25) is 5.91 Å². The zero-order valence-electron chi connectivity index (χ0n) is 18.7. The molecule has 8 heteroatoms. The minimum Gasteiger partial charge on any atom is -0.350 e. The highest BCUT2D eigenvalue weighted by Crippen LogP contribution is 2.35. The zero-order chi connectivity index (χ0) is 24.6. The first kappa shape index (κ1) is 22.8. The van der Waals surface area contributed by atoms with Crippen molar-refractivity contribution in [3.8, 4) is 0 Å². The van der Waals surface area contributed by atoms with Gasteiger partial charge in [0, 0.05) is 24.4 Å². The van der Waals surface area contributed by atoms with Crippen LogP contribution in [0.5, 0.6) is 0 Å². The van der Waals surface area contributed by atoms with Gasteiger partial charge < -0.3 is 10.6 Å². The molecule has 3 aromatic rings. The topological polar surface area (TPSA) is 78.5 Å². The van der Waals surface area contributed by atoms with Crippen LogP contribution in [0.2, 0.25) is 0 Å². The van der Waals surface area contributed by atoms with Crippen molar-refractivity contribution in [2.24, 2.45) is 0 Å². The highest BCUT2D eigenvalue weighted by atomic mass is 19.2. The summed E-state index contributed by atoms with van der Waals surface area (Å²) in [7, 11) is 0. The smallest absolute Gasteiger partial charge is 0.282 e. The van der Waals surface area contributed by atoms with Gasteiger partial charge >= 0.3 is 0 Å². The largest absolute Gasteiger partial charge is 0.350 e. The number of hydrogen-bond donors (Lipinski definition) is 2. The number of nitrogens with one attached hydrogen (secondary N) is 2. The van der Waals surface area contributed by atoms with Crippen LogP contribution in [0.4, 0.5) is 25.8 Å². The SMILES string of the molecule is CC(=O)Nc1ccc(N2C(=O)C(Nc3ccc(F)c(F)c3)=C(c3ccc(C)cc3C)C2=O)cc1.